The molecule has 19 heavy (non-hydrogen) atoms. The highest BCUT2D eigenvalue weighted by atomic mass is 79.9. The first-order chi connectivity index (χ1) is 9.08. The lowest BCUT2D eigenvalue weighted by molar-refractivity contribution is 0.262. The number of nitrogens with zero attached hydrogens (tertiary/aromatic N) is 2. The first-order valence-corrected chi connectivity index (χ1v) is 7.42. The van der Waals surface area contributed by atoms with Gasteiger partial charge in [0.05, 0.1) is 23.3 Å². The molecule has 1 heterocycles. The quantitative estimate of drug-likeness (QED) is 0.888. The molecule has 1 fully saturated rings. The highest BCUT2D eigenvalue weighted by Crippen LogP contribution is 2.34. The van der Waals surface area contributed by atoms with Gasteiger partial charge in [-0.2, -0.15) is 4.98 Å². The number of nitrogens with two attached hydrogens (primary N) is 1. The molecule has 2 rings (SSSR count). The molecule has 6 heteroatoms. The van der Waals surface area contributed by atoms with E-state index in [2.05, 4.69) is 38.1 Å². The molecular weight excluding hydrogens is 308 g/mol. The molecule has 106 valence electrons. The van der Waals surface area contributed by atoms with Gasteiger partial charge in [-0.1, -0.05) is 19.8 Å². The van der Waals surface area contributed by atoms with E-state index in [4.69, 9.17) is 10.5 Å². The van der Waals surface area contributed by atoms with Gasteiger partial charge in [0.25, 0.3) is 0 Å². The fraction of sp³-hybridized carbons (Fsp3) is 0.692. The normalized spacial score (nSPS) is 27.1. The van der Waals surface area contributed by atoms with Crippen LogP contribution in [-0.2, 0) is 0 Å². The number of hydrogen-bond acceptors (Lipinski definition) is 5. The molecular formula is C13H21BrN4O. The van der Waals surface area contributed by atoms with Crippen LogP contribution in [0.25, 0.3) is 0 Å². The number of aromatic nitrogens is 2. The lowest BCUT2D eigenvalue weighted by Gasteiger charge is -2.40. The Kier molecular flexibility index (Phi) is 4.62. The lowest BCUT2D eigenvalue weighted by Crippen LogP contribution is -2.49. The van der Waals surface area contributed by atoms with E-state index in [1.807, 2.05) is 0 Å². The minimum atomic E-state index is -0.0868. The molecule has 2 unspecified atom stereocenters. The van der Waals surface area contributed by atoms with Gasteiger partial charge in [0.1, 0.15) is 0 Å². The summed E-state index contributed by atoms with van der Waals surface area (Å²) in [5.41, 5.74) is 5.90. The van der Waals surface area contributed by atoms with Gasteiger partial charge in [-0.3, -0.25) is 0 Å². The van der Waals surface area contributed by atoms with Gasteiger partial charge in [0.15, 0.2) is 0 Å². The van der Waals surface area contributed by atoms with Crippen molar-refractivity contribution in [2.24, 2.45) is 11.7 Å². The minimum Gasteiger partial charge on any atom is -0.480 e. The second-order valence-corrected chi connectivity index (χ2v) is 6.22. The van der Waals surface area contributed by atoms with Crippen molar-refractivity contribution in [2.75, 3.05) is 19.0 Å². The molecule has 0 bridgehead atoms. The number of anilines is 1. The van der Waals surface area contributed by atoms with Gasteiger partial charge in [-0.05, 0) is 34.7 Å². The van der Waals surface area contributed by atoms with Crippen LogP contribution in [0.15, 0.2) is 10.7 Å². The van der Waals surface area contributed by atoms with Gasteiger partial charge in [0.2, 0.25) is 11.8 Å². The van der Waals surface area contributed by atoms with E-state index in [-0.39, 0.29) is 5.54 Å². The summed E-state index contributed by atoms with van der Waals surface area (Å²) < 4.78 is 5.94. The topological polar surface area (TPSA) is 73.1 Å². The van der Waals surface area contributed by atoms with E-state index < -0.39 is 0 Å². The fourth-order valence-electron chi connectivity index (χ4n) is 2.80. The Balaban J connectivity index is 2.18. The van der Waals surface area contributed by atoms with Crippen LogP contribution in [0.1, 0.15) is 32.6 Å². The molecule has 1 saturated carbocycles. The molecule has 3 N–H and O–H groups in total. The first-order valence-electron chi connectivity index (χ1n) is 6.63. The summed E-state index contributed by atoms with van der Waals surface area (Å²) in [5, 5.41) is 3.43. The Morgan fingerprint density at radius 2 is 2.42 bits per heavy atom. The van der Waals surface area contributed by atoms with Crippen LogP contribution in [0.4, 0.5) is 5.95 Å². The average Bonchev–Trinajstić information content (AvgIpc) is 2.41. The summed E-state index contributed by atoms with van der Waals surface area (Å²) in [5.74, 6) is 1.80. The molecule has 1 aliphatic rings. The van der Waals surface area contributed by atoms with Crippen molar-refractivity contribution in [3.63, 3.8) is 0 Å². The zero-order valence-corrected chi connectivity index (χ0v) is 13.0. The van der Waals surface area contributed by atoms with E-state index in [1.165, 1.54) is 12.8 Å². The summed E-state index contributed by atoms with van der Waals surface area (Å²) in [4.78, 5) is 8.65. The van der Waals surface area contributed by atoms with Crippen molar-refractivity contribution in [3.05, 3.63) is 10.7 Å². The van der Waals surface area contributed by atoms with E-state index in [9.17, 15) is 0 Å². The maximum absolute atomic E-state index is 5.99. The minimum absolute atomic E-state index is 0.0868. The third-order valence-corrected chi connectivity index (χ3v) is 4.31. The first kappa shape index (κ1) is 14.5. The molecule has 5 nitrogen and oxygen atoms in total. The number of hydrogen-bond donors (Lipinski definition) is 2. The second kappa shape index (κ2) is 6.05. The van der Waals surface area contributed by atoms with Crippen molar-refractivity contribution in [2.45, 2.75) is 38.1 Å². The van der Waals surface area contributed by atoms with Crippen LogP contribution >= 0.6 is 15.9 Å². The molecule has 1 aliphatic carbocycles. The number of nitrogens with one attached hydrogen (secondary N) is 1. The molecule has 2 atom stereocenters. The monoisotopic (exact) mass is 328 g/mol. The van der Waals surface area contributed by atoms with Gasteiger partial charge < -0.3 is 15.8 Å². The molecule has 1 aromatic rings. The van der Waals surface area contributed by atoms with Crippen LogP contribution < -0.4 is 15.8 Å². The zero-order chi connectivity index (χ0) is 13.9. The molecule has 0 aliphatic heterocycles. The number of rotatable bonds is 4. The summed E-state index contributed by atoms with van der Waals surface area (Å²) >= 11 is 3.35. The Morgan fingerprint density at radius 3 is 3.05 bits per heavy atom. The highest BCUT2D eigenvalue weighted by Gasteiger charge is 2.34. The maximum atomic E-state index is 5.99. The van der Waals surface area contributed by atoms with Crippen LogP contribution in [0.3, 0.4) is 0 Å². The van der Waals surface area contributed by atoms with Crippen molar-refractivity contribution in [1.82, 2.24) is 9.97 Å². The largest absolute Gasteiger partial charge is 0.480 e. The maximum Gasteiger partial charge on any atom is 0.232 e. The summed E-state index contributed by atoms with van der Waals surface area (Å²) in [7, 11) is 1.60. The SMILES string of the molecule is COc1nc(NC2(CN)CCCC(C)C2)ncc1Br. The van der Waals surface area contributed by atoms with Crippen molar-refractivity contribution < 1.29 is 4.74 Å². The Bertz CT molecular complexity index is 443. The van der Waals surface area contributed by atoms with Gasteiger partial charge >= 0.3 is 0 Å². The molecule has 0 aromatic carbocycles. The Morgan fingerprint density at radius 1 is 1.63 bits per heavy atom. The van der Waals surface area contributed by atoms with Crippen LogP contribution in [-0.4, -0.2) is 29.2 Å². The lowest BCUT2D eigenvalue weighted by atomic mass is 9.76. The van der Waals surface area contributed by atoms with Crippen LogP contribution in [0.2, 0.25) is 0 Å². The predicted octanol–water partition coefficient (Wildman–Crippen LogP) is 2.57. The second-order valence-electron chi connectivity index (χ2n) is 5.36. The smallest absolute Gasteiger partial charge is 0.232 e. The Hall–Kier alpha value is -0.880. The van der Waals surface area contributed by atoms with Gasteiger partial charge in [-0.15, -0.1) is 0 Å². The fourth-order valence-corrected chi connectivity index (χ4v) is 3.15. The van der Waals surface area contributed by atoms with E-state index in [0.29, 0.717) is 24.3 Å². The number of halogens is 1. The standard InChI is InChI=1S/C13H21BrN4O/c1-9-4-3-5-13(6-9,8-15)18-12-16-7-10(14)11(17-12)19-2/h7,9H,3-6,8,15H2,1-2H3,(H,16,17,18). The third kappa shape index (κ3) is 3.36. The molecule has 0 spiro atoms. The Labute approximate surface area is 122 Å². The molecule has 0 amide bonds. The van der Waals surface area contributed by atoms with Gasteiger partial charge in [-0.25, -0.2) is 4.98 Å². The van der Waals surface area contributed by atoms with Gasteiger partial charge in [0, 0.05) is 6.54 Å². The predicted molar refractivity (Wildman–Crippen MR) is 79.3 cm³/mol. The number of methoxy groups -OCH3 is 1. The summed E-state index contributed by atoms with van der Waals surface area (Å²) in [6.07, 6.45) is 6.29. The van der Waals surface area contributed by atoms with Crippen molar-refractivity contribution in [3.8, 4) is 5.88 Å². The summed E-state index contributed by atoms with van der Waals surface area (Å²) in [6.45, 7) is 2.87. The number of ether oxygens (including phenoxy) is 1. The van der Waals surface area contributed by atoms with E-state index in [1.54, 1.807) is 13.3 Å². The van der Waals surface area contributed by atoms with Crippen molar-refractivity contribution in [1.29, 1.82) is 0 Å². The highest BCUT2D eigenvalue weighted by molar-refractivity contribution is 9.10. The summed E-state index contributed by atoms with van der Waals surface area (Å²) in [6, 6.07) is 0. The van der Waals surface area contributed by atoms with Crippen LogP contribution in [0, 0.1) is 5.92 Å². The third-order valence-electron chi connectivity index (χ3n) is 3.76. The zero-order valence-electron chi connectivity index (χ0n) is 11.4. The molecule has 0 saturated heterocycles. The average molecular weight is 329 g/mol. The molecule has 1 aromatic heterocycles. The van der Waals surface area contributed by atoms with Crippen molar-refractivity contribution >= 4 is 21.9 Å². The van der Waals surface area contributed by atoms with Crippen LogP contribution in [0.5, 0.6) is 5.88 Å². The van der Waals surface area contributed by atoms with E-state index in [0.717, 1.165) is 17.3 Å². The molecule has 0 radical (unpaired) electrons. The van der Waals surface area contributed by atoms with E-state index >= 15 is 0 Å².